The molecule has 192 valence electrons. The molecule has 0 spiro atoms. The molecule has 2 atom stereocenters. The summed E-state index contributed by atoms with van der Waals surface area (Å²) >= 11 is 0. The smallest absolute Gasteiger partial charge is 0.244 e. The van der Waals surface area contributed by atoms with Crippen LogP contribution in [0.5, 0.6) is 5.75 Å². The molecule has 0 saturated carbocycles. The summed E-state index contributed by atoms with van der Waals surface area (Å²) in [6, 6.07) is 11.0. The van der Waals surface area contributed by atoms with E-state index in [1.54, 1.807) is 38.3 Å². The Morgan fingerprint density at radius 2 is 1.63 bits per heavy atom. The average molecular weight is 508 g/mol. The van der Waals surface area contributed by atoms with Gasteiger partial charge in [0.05, 0.1) is 19.1 Å². The maximum atomic E-state index is 13.6. The third-order valence-electron chi connectivity index (χ3n) is 5.69. The molecule has 0 aliphatic carbocycles. The average Bonchev–Trinajstić information content (AvgIpc) is 2.82. The standard InChI is InChI=1S/C25H34FN3O5S/c1-6-18(3)27-25(31)23(7-2)28(16-19-8-14-22(34-4)15-9-19)24(30)17-29(35(5,32)33)21-12-10-20(26)11-13-21/h8-15,18,23H,6-7,16-17H2,1-5H3,(H,27,31). The van der Waals surface area contributed by atoms with Crippen LogP contribution >= 0.6 is 0 Å². The monoisotopic (exact) mass is 507 g/mol. The minimum Gasteiger partial charge on any atom is -0.497 e. The zero-order valence-corrected chi connectivity index (χ0v) is 21.6. The predicted molar refractivity (Wildman–Crippen MR) is 134 cm³/mol. The second kappa shape index (κ2) is 12.5. The van der Waals surface area contributed by atoms with E-state index in [-0.39, 0.29) is 24.2 Å². The number of nitrogens with zero attached hydrogens (tertiary/aromatic N) is 2. The molecule has 0 fully saturated rings. The van der Waals surface area contributed by atoms with Gasteiger partial charge in [0.15, 0.2) is 0 Å². The molecule has 0 aliphatic heterocycles. The summed E-state index contributed by atoms with van der Waals surface area (Å²) in [5, 5.41) is 2.92. The Hall–Kier alpha value is -3.14. The topological polar surface area (TPSA) is 96.0 Å². The predicted octanol–water partition coefficient (Wildman–Crippen LogP) is 3.32. The van der Waals surface area contributed by atoms with Gasteiger partial charge in [-0.1, -0.05) is 26.0 Å². The van der Waals surface area contributed by atoms with Crippen LogP contribution in [0.4, 0.5) is 10.1 Å². The number of halogens is 1. The highest BCUT2D eigenvalue weighted by atomic mass is 32.2. The second-order valence-electron chi connectivity index (χ2n) is 8.36. The molecule has 2 rings (SSSR count). The highest BCUT2D eigenvalue weighted by molar-refractivity contribution is 7.92. The molecule has 2 aromatic carbocycles. The van der Waals surface area contributed by atoms with E-state index in [2.05, 4.69) is 5.32 Å². The van der Waals surface area contributed by atoms with Gasteiger partial charge in [-0.25, -0.2) is 12.8 Å². The summed E-state index contributed by atoms with van der Waals surface area (Å²) in [6.45, 7) is 5.17. The van der Waals surface area contributed by atoms with Gasteiger partial charge in [0.2, 0.25) is 21.8 Å². The first-order valence-electron chi connectivity index (χ1n) is 11.5. The highest BCUT2D eigenvalue weighted by Gasteiger charge is 2.32. The minimum absolute atomic E-state index is 0.0822. The molecule has 2 amide bonds. The van der Waals surface area contributed by atoms with E-state index in [1.807, 2.05) is 13.8 Å². The Labute approximate surface area is 207 Å². The van der Waals surface area contributed by atoms with Gasteiger partial charge >= 0.3 is 0 Å². The van der Waals surface area contributed by atoms with E-state index in [0.29, 0.717) is 12.2 Å². The van der Waals surface area contributed by atoms with Crippen molar-refractivity contribution in [2.24, 2.45) is 0 Å². The van der Waals surface area contributed by atoms with Crippen molar-refractivity contribution in [3.8, 4) is 5.75 Å². The molecule has 0 aromatic heterocycles. The first-order valence-corrected chi connectivity index (χ1v) is 13.3. The number of carbonyl (C=O) groups excluding carboxylic acids is 2. The van der Waals surface area contributed by atoms with Gasteiger partial charge in [-0.2, -0.15) is 0 Å². The van der Waals surface area contributed by atoms with Crippen LogP contribution in [0.3, 0.4) is 0 Å². The number of methoxy groups -OCH3 is 1. The number of anilines is 1. The molecular formula is C25H34FN3O5S. The van der Waals surface area contributed by atoms with Crippen molar-refractivity contribution in [2.75, 3.05) is 24.2 Å². The van der Waals surface area contributed by atoms with Crippen molar-refractivity contribution < 1.29 is 27.1 Å². The number of nitrogens with one attached hydrogen (secondary N) is 1. The van der Waals surface area contributed by atoms with Gasteiger partial charge in [0.1, 0.15) is 24.2 Å². The number of rotatable bonds is 12. The van der Waals surface area contributed by atoms with E-state index in [4.69, 9.17) is 4.74 Å². The Bertz CT molecular complexity index is 1090. The van der Waals surface area contributed by atoms with E-state index in [0.717, 1.165) is 34.7 Å². The molecule has 0 aliphatic rings. The molecule has 2 aromatic rings. The quantitative estimate of drug-likeness (QED) is 0.476. The maximum Gasteiger partial charge on any atom is 0.244 e. The summed E-state index contributed by atoms with van der Waals surface area (Å²) in [7, 11) is -2.32. The lowest BCUT2D eigenvalue weighted by atomic mass is 10.1. The minimum atomic E-state index is -3.87. The Morgan fingerprint density at radius 3 is 2.11 bits per heavy atom. The molecule has 10 heteroatoms. The van der Waals surface area contributed by atoms with Crippen molar-refractivity contribution in [1.29, 1.82) is 0 Å². The lowest BCUT2D eigenvalue weighted by molar-refractivity contribution is -0.140. The van der Waals surface area contributed by atoms with Crippen LogP contribution in [0.25, 0.3) is 0 Å². The number of carbonyl (C=O) groups is 2. The van der Waals surface area contributed by atoms with Gasteiger partial charge in [-0.05, 0) is 61.7 Å². The Kier molecular flexibility index (Phi) is 10.1. The van der Waals surface area contributed by atoms with Crippen molar-refractivity contribution in [3.63, 3.8) is 0 Å². The number of amides is 2. The fraction of sp³-hybridized carbons (Fsp3) is 0.440. The number of hydrogen-bond acceptors (Lipinski definition) is 5. The van der Waals surface area contributed by atoms with Crippen LogP contribution in [-0.2, 0) is 26.2 Å². The lowest BCUT2D eigenvalue weighted by Crippen LogP contribution is -2.53. The zero-order chi connectivity index (χ0) is 26.2. The maximum absolute atomic E-state index is 13.6. The SMILES string of the molecule is CCC(C)NC(=O)C(CC)N(Cc1ccc(OC)cc1)C(=O)CN(c1ccc(F)cc1)S(C)(=O)=O. The largest absolute Gasteiger partial charge is 0.497 e. The fourth-order valence-electron chi connectivity index (χ4n) is 3.51. The van der Waals surface area contributed by atoms with Gasteiger partial charge in [0.25, 0.3) is 0 Å². The second-order valence-corrected chi connectivity index (χ2v) is 10.3. The van der Waals surface area contributed by atoms with Gasteiger partial charge in [0, 0.05) is 12.6 Å². The first kappa shape index (κ1) is 28.1. The third kappa shape index (κ3) is 7.95. The van der Waals surface area contributed by atoms with E-state index in [1.165, 1.54) is 17.0 Å². The number of hydrogen-bond donors (Lipinski definition) is 1. The fourth-order valence-corrected chi connectivity index (χ4v) is 4.36. The number of benzene rings is 2. The van der Waals surface area contributed by atoms with Crippen LogP contribution in [0.1, 0.15) is 39.2 Å². The summed E-state index contributed by atoms with van der Waals surface area (Å²) < 4.78 is 44.6. The summed E-state index contributed by atoms with van der Waals surface area (Å²) in [4.78, 5) is 28.0. The third-order valence-corrected chi connectivity index (χ3v) is 6.83. The van der Waals surface area contributed by atoms with Crippen LogP contribution in [0.2, 0.25) is 0 Å². The van der Waals surface area contributed by atoms with Crippen LogP contribution in [-0.4, -0.2) is 57.1 Å². The zero-order valence-electron chi connectivity index (χ0n) is 20.8. The van der Waals surface area contributed by atoms with Crippen molar-refractivity contribution in [2.45, 2.75) is 52.2 Å². The van der Waals surface area contributed by atoms with Gasteiger partial charge < -0.3 is 15.0 Å². The van der Waals surface area contributed by atoms with Gasteiger partial charge in [-0.15, -0.1) is 0 Å². The number of sulfonamides is 1. The number of ether oxygens (including phenoxy) is 1. The molecule has 2 unspecified atom stereocenters. The van der Waals surface area contributed by atoms with Crippen LogP contribution in [0, 0.1) is 5.82 Å². The molecule has 0 saturated heterocycles. The van der Waals surface area contributed by atoms with Gasteiger partial charge in [-0.3, -0.25) is 13.9 Å². The molecule has 0 bridgehead atoms. The van der Waals surface area contributed by atoms with Crippen molar-refractivity contribution >= 4 is 27.5 Å². The Balaban J connectivity index is 2.42. The first-order chi connectivity index (χ1) is 16.5. The highest BCUT2D eigenvalue weighted by Crippen LogP contribution is 2.21. The Morgan fingerprint density at radius 1 is 1.03 bits per heavy atom. The van der Waals surface area contributed by atoms with Crippen molar-refractivity contribution in [1.82, 2.24) is 10.2 Å². The lowest BCUT2D eigenvalue weighted by Gasteiger charge is -2.33. The molecule has 0 radical (unpaired) electrons. The molecule has 8 nitrogen and oxygen atoms in total. The van der Waals surface area contributed by atoms with Crippen LogP contribution in [0.15, 0.2) is 48.5 Å². The summed E-state index contributed by atoms with van der Waals surface area (Å²) in [5.74, 6) is -0.742. The summed E-state index contributed by atoms with van der Waals surface area (Å²) in [5.41, 5.74) is 0.908. The van der Waals surface area contributed by atoms with Crippen molar-refractivity contribution in [3.05, 3.63) is 59.9 Å². The van der Waals surface area contributed by atoms with Crippen LogP contribution < -0.4 is 14.4 Å². The normalized spacial score (nSPS) is 13.0. The summed E-state index contributed by atoms with van der Waals surface area (Å²) in [6.07, 6.45) is 2.03. The molecule has 1 N–H and O–H groups in total. The molecule has 35 heavy (non-hydrogen) atoms. The van der Waals surface area contributed by atoms with E-state index < -0.39 is 34.3 Å². The molecular weight excluding hydrogens is 473 g/mol. The van der Waals surface area contributed by atoms with E-state index in [9.17, 15) is 22.4 Å². The van der Waals surface area contributed by atoms with E-state index >= 15 is 0 Å². The molecule has 0 heterocycles.